The molecule has 1 aliphatic rings. The van der Waals surface area contributed by atoms with Crippen molar-refractivity contribution < 1.29 is 14.3 Å². The van der Waals surface area contributed by atoms with Crippen LogP contribution in [0.1, 0.15) is 38.4 Å². The molecule has 1 aliphatic heterocycles. The van der Waals surface area contributed by atoms with E-state index in [4.69, 9.17) is 4.74 Å². The van der Waals surface area contributed by atoms with Gasteiger partial charge in [0, 0.05) is 22.5 Å². The van der Waals surface area contributed by atoms with E-state index in [0.29, 0.717) is 16.7 Å². The van der Waals surface area contributed by atoms with E-state index in [-0.39, 0.29) is 18.4 Å². The van der Waals surface area contributed by atoms with Gasteiger partial charge in [-0.05, 0) is 60.9 Å². The van der Waals surface area contributed by atoms with E-state index in [0.717, 1.165) is 28.3 Å². The van der Waals surface area contributed by atoms with E-state index in [9.17, 15) is 9.59 Å². The molecule has 5 nitrogen and oxygen atoms in total. The van der Waals surface area contributed by atoms with Crippen molar-refractivity contribution in [3.63, 3.8) is 0 Å². The third-order valence-corrected chi connectivity index (χ3v) is 5.16. The number of aromatic amines is 1. The maximum atomic E-state index is 13.4. The number of carbonyl (C=O) groups is 2. The summed E-state index contributed by atoms with van der Waals surface area (Å²) < 4.78 is 5.18. The number of aromatic nitrogens is 1. The third-order valence-electron chi connectivity index (χ3n) is 5.16. The molecule has 2 heterocycles. The summed E-state index contributed by atoms with van der Waals surface area (Å²) in [5.74, 6) is 0.164. The first-order valence-corrected chi connectivity index (χ1v) is 9.44. The van der Waals surface area contributed by atoms with Crippen LogP contribution in [0.15, 0.2) is 54.6 Å². The van der Waals surface area contributed by atoms with Gasteiger partial charge in [0.15, 0.2) is 0 Å². The Labute approximate surface area is 169 Å². The number of aryl methyl sites for hydroxylation is 2. The normalized spacial score (nSPS) is 15.0. The number of benzene rings is 2. The Kier molecular flexibility index (Phi) is 4.80. The van der Waals surface area contributed by atoms with Gasteiger partial charge in [0.2, 0.25) is 0 Å². The van der Waals surface area contributed by atoms with E-state index in [2.05, 4.69) is 4.98 Å². The number of nitrogens with zero attached hydrogens (tertiary/aromatic N) is 1. The van der Waals surface area contributed by atoms with E-state index >= 15 is 0 Å². The van der Waals surface area contributed by atoms with Gasteiger partial charge < -0.3 is 9.72 Å². The summed E-state index contributed by atoms with van der Waals surface area (Å²) in [5, 5.41) is 0. The lowest BCUT2D eigenvalue weighted by Gasteiger charge is -2.28. The fourth-order valence-corrected chi connectivity index (χ4v) is 3.65. The molecule has 0 fully saturated rings. The van der Waals surface area contributed by atoms with Crippen molar-refractivity contribution in [3.05, 3.63) is 88.2 Å². The molecule has 2 amide bonds. The molecule has 0 radical (unpaired) electrons. The number of rotatable bonds is 4. The lowest BCUT2D eigenvalue weighted by molar-refractivity contribution is -0.123. The SMILES string of the molecule is COc1ccc(CN2C(=O)C(=Cc3cc(C)[nH]c3C)c3ccccc3C2=O)cc1. The molecule has 0 atom stereocenters. The Morgan fingerprint density at radius 1 is 0.966 bits per heavy atom. The number of ether oxygens (including phenoxy) is 1. The fraction of sp³-hybridized carbons (Fsp3) is 0.167. The molecule has 146 valence electrons. The molecule has 1 N–H and O–H groups in total. The van der Waals surface area contributed by atoms with Crippen molar-refractivity contribution >= 4 is 23.5 Å². The number of carbonyl (C=O) groups excluding carboxylic acids is 2. The number of amides is 2. The predicted octanol–water partition coefficient (Wildman–Crippen LogP) is 4.36. The molecular weight excluding hydrogens is 364 g/mol. The fourth-order valence-electron chi connectivity index (χ4n) is 3.65. The molecule has 1 aromatic heterocycles. The molecule has 29 heavy (non-hydrogen) atoms. The largest absolute Gasteiger partial charge is 0.497 e. The number of hydrogen-bond donors (Lipinski definition) is 1. The van der Waals surface area contributed by atoms with Crippen molar-refractivity contribution in [2.24, 2.45) is 0 Å². The molecule has 0 spiro atoms. The van der Waals surface area contributed by atoms with E-state index in [1.165, 1.54) is 4.90 Å². The van der Waals surface area contributed by atoms with Gasteiger partial charge in [-0.1, -0.05) is 30.3 Å². The standard InChI is InChI=1S/C24H22N2O3/c1-15-12-18(16(2)25-15)13-22-20-6-4-5-7-21(20)23(27)26(24(22)28)14-17-8-10-19(29-3)11-9-17/h4-13,25H,14H2,1-3H3. The Balaban J connectivity index is 1.77. The summed E-state index contributed by atoms with van der Waals surface area (Å²) >= 11 is 0. The highest BCUT2D eigenvalue weighted by atomic mass is 16.5. The zero-order valence-electron chi connectivity index (χ0n) is 16.7. The van der Waals surface area contributed by atoms with Gasteiger partial charge in [-0.25, -0.2) is 0 Å². The van der Waals surface area contributed by atoms with Crippen LogP contribution in [0.2, 0.25) is 0 Å². The maximum absolute atomic E-state index is 13.4. The average molecular weight is 386 g/mol. The third kappa shape index (κ3) is 3.47. The number of methoxy groups -OCH3 is 1. The number of H-pyrrole nitrogens is 1. The summed E-state index contributed by atoms with van der Waals surface area (Å²) in [6.45, 7) is 4.16. The Bertz CT molecular complexity index is 1120. The minimum Gasteiger partial charge on any atom is -0.497 e. The summed E-state index contributed by atoms with van der Waals surface area (Å²) in [5.41, 5.74) is 5.55. The Morgan fingerprint density at radius 3 is 2.28 bits per heavy atom. The molecule has 3 aromatic rings. The van der Waals surface area contributed by atoms with Gasteiger partial charge in [-0.15, -0.1) is 0 Å². The number of nitrogens with one attached hydrogen (secondary N) is 1. The first kappa shape index (κ1) is 18.7. The summed E-state index contributed by atoms with van der Waals surface area (Å²) in [4.78, 5) is 31.0. The Morgan fingerprint density at radius 2 is 1.66 bits per heavy atom. The molecule has 0 unspecified atom stereocenters. The average Bonchev–Trinajstić information content (AvgIpc) is 3.05. The predicted molar refractivity (Wildman–Crippen MR) is 112 cm³/mol. The first-order chi connectivity index (χ1) is 14.0. The number of imide groups is 1. The van der Waals surface area contributed by atoms with Crippen LogP contribution in [0, 0.1) is 13.8 Å². The zero-order chi connectivity index (χ0) is 20.5. The van der Waals surface area contributed by atoms with Crippen LogP contribution < -0.4 is 4.74 Å². The van der Waals surface area contributed by atoms with Crippen molar-refractivity contribution in [2.45, 2.75) is 20.4 Å². The highest BCUT2D eigenvalue weighted by molar-refractivity contribution is 6.33. The van der Waals surface area contributed by atoms with Crippen molar-refractivity contribution in [2.75, 3.05) is 7.11 Å². The number of hydrogen-bond acceptors (Lipinski definition) is 3. The van der Waals surface area contributed by atoms with Crippen LogP contribution in [0.4, 0.5) is 0 Å². The van der Waals surface area contributed by atoms with Crippen LogP contribution in [-0.4, -0.2) is 28.8 Å². The molecule has 0 bridgehead atoms. The molecule has 0 saturated heterocycles. The smallest absolute Gasteiger partial charge is 0.261 e. The summed E-state index contributed by atoms with van der Waals surface area (Å²) in [7, 11) is 1.60. The van der Waals surface area contributed by atoms with Crippen LogP contribution in [-0.2, 0) is 11.3 Å². The molecule has 2 aromatic carbocycles. The molecule has 0 saturated carbocycles. The Hall–Kier alpha value is -3.60. The zero-order valence-corrected chi connectivity index (χ0v) is 16.7. The molecular formula is C24H22N2O3. The van der Waals surface area contributed by atoms with Crippen molar-refractivity contribution in [3.8, 4) is 5.75 Å². The lowest BCUT2D eigenvalue weighted by Crippen LogP contribution is -2.41. The summed E-state index contributed by atoms with van der Waals surface area (Å²) in [6, 6.07) is 16.7. The number of fused-ring (bicyclic) bond motifs is 1. The van der Waals surface area contributed by atoms with Gasteiger partial charge in [0.1, 0.15) is 5.75 Å². The topological polar surface area (TPSA) is 62.4 Å². The minimum atomic E-state index is -0.289. The van der Waals surface area contributed by atoms with Gasteiger partial charge in [-0.2, -0.15) is 0 Å². The van der Waals surface area contributed by atoms with Crippen LogP contribution >= 0.6 is 0 Å². The minimum absolute atomic E-state index is 0.207. The van der Waals surface area contributed by atoms with Gasteiger partial charge in [0.25, 0.3) is 11.8 Å². The van der Waals surface area contributed by atoms with E-state index < -0.39 is 0 Å². The quantitative estimate of drug-likeness (QED) is 0.535. The second kappa shape index (κ2) is 7.43. The monoisotopic (exact) mass is 386 g/mol. The van der Waals surface area contributed by atoms with Crippen molar-refractivity contribution in [1.82, 2.24) is 9.88 Å². The first-order valence-electron chi connectivity index (χ1n) is 9.44. The van der Waals surface area contributed by atoms with E-state index in [1.807, 2.05) is 68.5 Å². The van der Waals surface area contributed by atoms with Gasteiger partial charge >= 0.3 is 0 Å². The lowest BCUT2D eigenvalue weighted by atomic mass is 9.91. The van der Waals surface area contributed by atoms with Crippen molar-refractivity contribution in [1.29, 1.82) is 0 Å². The van der Waals surface area contributed by atoms with Gasteiger partial charge in [0.05, 0.1) is 13.7 Å². The highest BCUT2D eigenvalue weighted by Gasteiger charge is 2.34. The second-order valence-corrected chi connectivity index (χ2v) is 7.18. The van der Waals surface area contributed by atoms with Crippen LogP contribution in [0.5, 0.6) is 5.75 Å². The van der Waals surface area contributed by atoms with Crippen LogP contribution in [0.3, 0.4) is 0 Å². The second-order valence-electron chi connectivity index (χ2n) is 7.18. The molecule has 5 heteroatoms. The molecule has 4 rings (SSSR count). The molecule has 0 aliphatic carbocycles. The maximum Gasteiger partial charge on any atom is 0.261 e. The van der Waals surface area contributed by atoms with Crippen LogP contribution in [0.25, 0.3) is 11.6 Å². The highest BCUT2D eigenvalue weighted by Crippen LogP contribution is 2.32. The summed E-state index contributed by atoms with van der Waals surface area (Å²) in [6.07, 6.45) is 1.87. The van der Waals surface area contributed by atoms with Gasteiger partial charge in [-0.3, -0.25) is 14.5 Å². The van der Waals surface area contributed by atoms with E-state index in [1.54, 1.807) is 13.2 Å².